The number of fused-ring (bicyclic) bond motifs is 6. The van der Waals surface area contributed by atoms with E-state index in [0.717, 1.165) is 50.9 Å². The summed E-state index contributed by atoms with van der Waals surface area (Å²) in [7, 11) is 2.11. The van der Waals surface area contributed by atoms with Crippen LogP contribution in [-0.4, -0.2) is 39.0 Å². The Hall–Kier alpha value is -8.09. The second-order valence-corrected chi connectivity index (χ2v) is 17.1. The van der Waals surface area contributed by atoms with Crippen LogP contribution >= 0.6 is 0 Å². The molecule has 6 nitrogen and oxygen atoms in total. The summed E-state index contributed by atoms with van der Waals surface area (Å²) in [6.07, 6.45) is 6.76. The molecular weight excluding hydrogens is 781 g/mol. The Morgan fingerprint density at radius 1 is 0.484 bits per heavy atom. The maximum absolute atomic E-state index is 5.45. The van der Waals surface area contributed by atoms with Crippen LogP contribution in [-0.2, 0) is 5.54 Å². The summed E-state index contributed by atoms with van der Waals surface area (Å²) in [5, 5.41) is 4.74. The Morgan fingerprint density at radius 2 is 1.02 bits per heavy atom. The first-order valence-electron chi connectivity index (χ1n) is 22.0. The molecule has 10 aromatic rings. The molecule has 12 rings (SSSR count). The van der Waals surface area contributed by atoms with Crippen molar-refractivity contribution >= 4 is 61.5 Å². The van der Waals surface area contributed by atoms with Crippen molar-refractivity contribution in [2.75, 3.05) is 7.05 Å². The maximum atomic E-state index is 5.45. The zero-order chi connectivity index (χ0) is 42.8. The number of benzene rings is 8. The van der Waals surface area contributed by atoms with Crippen LogP contribution in [0.3, 0.4) is 0 Å². The molecule has 2 unspecified atom stereocenters. The predicted octanol–water partition coefficient (Wildman–Crippen LogP) is 13.9. The van der Waals surface area contributed by atoms with Crippen molar-refractivity contribution in [2.24, 2.45) is 15.0 Å². The van der Waals surface area contributed by atoms with E-state index in [4.69, 9.17) is 15.0 Å². The molecule has 2 aromatic heterocycles. The fourth-order valence-electron chi connectivity index (χ4n) is 9.78. The molecule has 0 N–H and O–H groups in total. The summed E-state index contributed by atoms with van der Waals surface area (Å²) in [6, 6.07) is 69.6. The van der Waals surface area contributed by atoms with Crippen LogP contribution in [0, 0.1) is 0 Å². The number of hydrogen-bond donors (Lipinski definition) is 0. The molecule has 0 bridgehead atoms. The lowest BCUT2D eigenvalue weighted by Crippen LogP contribution is -2.27. The number of hydrogen-bond acceptors (Lipinski definition) is 4. The molecule has 0 amide bonds. The van der Waals surface area contributed by atoms with E-state index in [1.54, 1.807) is 0 Å². The lowest BCUT2D eigenvalue weighted by molar-refractivity contribution is 0.266. The van der Waals surface area contributed by atoms with Crippen molar-refractivity contribution in [1.29, 1.82) is 0 Å². The van der Waals surface area contributed by atoms with Gasteiger partial charge in [0.05, 0.1) is 33.3 Å². The third-order valence-corrected chi connectivity index (χ3v) is 13.1. The molecule has 4 heterocycles. The van der Waals surface area contributed by atoms with E-state index in [0.29, 0.717) is 5.96 Å². The van der Waals surface area contributed by atoms with Gasteiger partial charge in [-0.1, -0.05) is 146 Å². The van der Waals surface area contributed by atoms with Gasteiger partial charge in [-0.25, -0.2) is 15.0 Å². The van der Waals surface area contributed by atoms with Gasteiger partial charge >= 0.3 is 0 Å². The lowest BCUT2D eigenvalue weighted by Gasteiger charge is -2.30. The number of aliphatic imine (C=N–C) groups is 3. The van der Waals surface area contributed by atoms with E-state index in [2.05, 4.69) is 234 Å². The second kappa shape index (κ2) is 15.1. The standard InChI is InChI=1S/C58H44N6/c1-58(46-22-14-20-42(36-46)40-17-7-4-8-18-40)32-33-59-56(61-58)63-52-25-11-9-23-47(52)49-37-43(27-29-54(49)63)44-28-30-55-50(38-44)48-24-10-12-26-53(48)64(55)57-60-51(31-34-62(57)2)45-21-13-19-41(35-45)39-15-5-3-6-16-39/h3-31,33-38,57H,32H2,1-2H3. The van der Waals surface area contributed by atoms with E-state index < -0.39 is 5.54 Å². The van der Waals surface area contributed by atoms with Crippen LogP contribution in [0.25, 0.3) is 77.0 Å². The van der Waals surface area contributed by atoms with Gasteiger partial charge in [0, 0.05) is 53.0 Å². The van der Waals surface area contributed by atoms with Gasteiger partial charge in [-0.3, -0.25) is 4.57 Å². The van der Waals surface area contributed by atoms with Crippen molar-refractivity contribution in [3.63, 3.8) is 0 Å². The molecule has 2 aliphatic heterocycles. The summed E-state index contributed by atoms with van der Waals surface area (Å²) in [5.74, 6) is 0.698. The Balaban J connectivity index is 0.935. The molecular formula is C58H44N6. The van der Waals surface area contributed by atoms with Gasteiger partial charge in [-0.15, -0.1) is 0 Å². The van der Waals surface area contributed by atoms with Crippen LogP contribution in [0.5, 0.6) is 0 Å². The highest BCUT2D eigenvalue weighted by atomic mass is 15.4. The fourth-order valence-corrected chi connectivity index (χ4v) is 9.78. The number of para-hydroxylation sites is 2. The van der Waals surface area contributed by atoms with Crippen molar-refractivity contribution in [3.8, 4) is 33.4 Å². The zero-order valence-corrected chi connectivity index (χ0v) is 35.7. The Labute approximate surface area is 372 Å². The van der Waals surface area contributed by atoms with Crippen molar-refractivity contribution in [2.45, 2.75) is 25.2 Å². The molecule has 6 heteroatoms. The summed E-state index contributed by atoms with van der Waals surface area (Å²) < 4.78 is 4.62. The predicted molar refractivity (Wildman–Crippen MR) is 267 cm³/mol. The first-order valence-corrected chi connectivity index (χ1v) is 22.0. The van der Waals surface area contributed by atoms with Gasteiger partial charge in [0.2, 0.25) is 12.2 Å². The molecule has 306 valence electrons. The quantitative estimate of drug-likeness (QED) is 0.165. The van der Waals surface area contributed by atoms with E-state index >= 15 is 0 Å². The zero-order valence-electron chi connectivity index (χ0n) is 35.7. The summed E-state index contributed by atoms with van der Waals surface area (Å²) in [6.45, 7) is 2.22. The van der Waals surface area contributed by atoms with Crippen LogP contribution in [0.2, 0.25) is 0 Å². The highest BCUT2D eigenvalue weighted by Gasteiger charge is 2.30. The Morgan fingerprint density at radius 3 is 1.75 bits per heavy atom. The number of aromatic nitrogens is 2. The molecule has 0 saturated carbocycles. The summed E-state index contributed by atoms with van der Waals surface area (Å²) >= 11 is 0. The largest absolute Gasteiger partial charge is 0.342 e. The Kier molecular flexibility index (Phi) is 8.87. The lowest BCUT2D eigenvalue weighted by atomic mass is 9.87. The maximum Gasteiger partial charge on any atom is 0.230 e. The minimum atomic E-state index is -0.475. The van der Waals surface area contributed by atoms with Gasteiger partial charge in [0.25, 0.3) is 0 Å². The number of allylic oxidation sites excluding steroid dienone is 1. The fraction of sp³-hybridized carbons (Fsp3) is 0.0862. The van der Waals surface area contributed by atoms with E-state index in [-0.39, 0.29) is 6.29 Å². The van der Waals surface area contributed by atoms with E-state index in [1.807, 2.05) is 6.21 Å². The Bertz CT molecular complexity index is 3570. The normalized spacial score (nSPS) is 17.4. The monoisotopic (exact) mass is 824 g/mol. The van der Waals surface area contributed by atoms with Gasteiger partial charge in [-0.05, 0) is 100 Å². The van der Waals surface area contributed by atoms with E-state index in [9.17, 15) is 0 Å². The van der Waals surface area contributed by atoms with Gasteiger partial charge in [-0.2, -0.15) is 0 Å². The smallest absolute Gasteiger partial charge is 0.230 e. The molecule has 0 fully saturated rings. The molecule has 2 aliphatic rings. The second-order valence-electron chi connectivity index (χ2n) is 17.1. The van der Waals surface area contributed by atoms with E-state index in [1.165, 1.54) is 49.4 Å². The molecule has 64 heavy (non-hydrogen) atoms. The van der Waals surface area contributed by atoms with Crippen LogP contribution < -0.4 is 0 Å². The third-order valence-electron chi connectivity index (χ3n) is 13.1. The molecule has 2 atom stereocenters. The van der Waals surface area contributed by atoms with Gasteiger partial charge < -0.3 is 9.47 Å². The minimum absolute atomic E-state index is 0.267. The first-order chi connectivity index (χ1) is 31.5. The molecule has 0 saturated heterocycles. The van der Waals surface area contributed by atoms with Crippen LogP contribution in [0.1, 0.15) is 30.8 Å². The third kappa shape index (κ3) is 6.29. The SMILES string of the molecule is CN1C=CC(c2cccc(-c3ccccc3)c2)=NC1n1c2ccccc2c2cc(-c3ccc4c(c3)c3ccccc3n4C3=NC(C)(c4cccc(-c5ccccc5)c4)CC=N3)ccc21. The average Bonchev–Trinajstić information content (AvgIpc) is 3.87. The summed E-state index contributed by atoms with van der Waals surface area (Å²) in [5.41, 5.74) is 14.3. The topological polar surface area (TPSA) is 50.2 Å². The highest BCUT2D eigenvalue weighted by Crippen LogP contribution is 2.40. The van der Waals surface area contributed by atoms with Crippen LogP contribution in [0.15, 0.2) is 221 Å². The van der Waals surface area contributed by atoms with Crippen molar-refractivity contribution < 1.29 is 0 Å². The molecule has 0 spiro atoms. The molecule has 0 aliphatic carbocycles. The van der Waals surface area contributed by atoms with Gasteiger partial charge in [0.15, 0.2) is 0 Å². The first kappa shape index (κ1) is 37.7. The molecule has 0 radical (unpaired) electrons. The van der Waals surface area contributed by atoms with Crippen LogP contribution in [0.4, 0.5) is 0 Å². The number of rotatable bonds is 6. The van der Waals surface area contributed by atoms with Crippen molar-refractivity contribution in [3.05, 3.63) is 218 Å². The molecule has 8 aromatic carbocycles. The van der Waals surface area contributed by atoms with Crippen molar-refractivity contribution in [1.82, 2.24) is 14.0 Å². The summed E-state index contributed by atoms with van der Waals surface area (Å²) in [4.78, 5) is 18.1. The minimum Gasteiger partial charge on any atom is -0.342 e. The average molecular weight is 825 g/mol. The highest BCUT2D eigenvalue weighted by molar-refractivity contribution is 6.16. The number of nitrogens with zero attached hydrogens (tertiary/aromatic N) is 6. The van der Waals surface area contributed by atoms with Gasteiger partial charge in [0.1, 0.15) is 0 Å².